The summed E-state index contributed by atoms with van der Waals surface area (Å²) in [6, 6.07) is 7.99. The Morgan fingerprint density at radius 2 is 2.00 bits per heavy atom. The zero-order valence-corrected chi connectivity index (χ0v) is 10.2. The molecule has 4 nitrogen and oxygen atoms in total. The lowest BCUT2D eigenvalue weighted by Gasteiger charge is -2.06. The Kier molecular flexibility index (Phi) is 5.20. The van der Waals surface area contributed by atoms with Crippen molar-refractivity contribution in [3.63, 3.8) is 0 Å². The number of carbonyl (C=O) groups excluding carboxylic acids is 2. The van der Waals surface area contributed by atoms with E-state index < -0.39 is 0 Å². The first kappa shape index (κ1) is 13.2. The first-order valence-electron chi connectivity index (χ1n) is 5.64. The zero-order chi connectivity index (χ0) is 12.7. The molecular weight excluding hydrogens is 216 g/mol. The minimum Gasteiger partial charge on any atom is -0.356 e. The van der Waals surface area contributed by atoms with Crippen LogP contribution in [-0.2, 0) is 16.1 Å². The van der Waals surface area contributed by atoms with Gasteiger partial charge in [-0.1, -0.05) is 29.8 Å². The molecule has 0 fully saturated rings. The molecule has 0 spiro atoms. The van der Waals surface area contributed by atoms with Gasteiger partial charge in [-0.2, -0.15) is 0 Å². The van der Waals surface area contributed by atoms with Gasteiger partial charge in [0.2, 0.25) is 11.8 Å². The minimum atomic E-state index is -0.114. The van der Waals surface area contributed by atoms with Gasteiger partial charge >= 0.3 is 0 Å². The molecule has 0 radical (unpaired) electrons. The predicted molar refractivity (Wildman–Crippen MR) is 66.3 cm³/mol. The summed E-state index contributed by atoms with van der Waals surface area (Å²) in [5.74, 6) is -0.170. The van der Waals surface area contributed by atoms with Gasteiger partial charge in [0.05, 0.1) is 0 Å². The molecule has 1 rings (SSSR count). The lowest BCUT2D eigenvalue weighted by Crippen LogP contribution is -2.29. The molecule has 92 valence electrons. The molecule has 0 aliphatic carbocycles. The highest BCUT2D eigenvalue weighted by Gasteiger charge is 2.01. The topological polar surface area (TPSA) is 58.2 Å². The largest absolute Gasteiger partial charge is 0.356 e. The van der Waals surface area contributed by atoms with Gasteiger partial charge in [-0.05, 0) is 12.5 Å². The second-order valence-electron chi connectivity index (χ2n) is 4.00. The summed E-state index contributed by atoms with van der Waals surface area (Å²) in [5, 5.41) is 5.39. The van der Waals surface area contributed by atoms with Crippen molar-refractivity contribution < 1.29 is 9.59 Å². The summed E-state index contributed by atoms with van der Waals surface area (Å²) < 4.78 is 0. The van der Waals surface area contributed by atoms with Crippen LogP contribution >= 0.6 is 0 Å². The van der Waals surface area contributed by atoms with Crippen molar-refractivity contribution >= 4 is 11.8 Å². The Labute approximate surface area is 101 Å². The number of carbonyl (C=O) groups is 2. The molecule has 0 aliphatic rings. The Morgan fingerprint density at radius 3 is 2.65 bits per heavy atom. The van der Waals surface area contributed by atoms with Crippen LogP contribution < -0.4 is 10.6 Å². The van der Waals surface area contributed by atoms with Crippen LogP contribution in [-0.4, -0.2) is 18.4 Å². The standard InChI is InChI=1S/C13H18N2O2/c1-10-4-3-5-12(8-10)9-15-13(17)6-7-14-11(2)16/h3-5,8H,6-7,9H2,1-2H3,(H,14,16)(H,15,17). The van der Waals surface area contributed by atoms with Crippen molar-refractivity contribution in [2.24, 2.45) is 0 Å². The van der Waals surface area contributed by atoms with E-state index in [9.17, 15) is 9.59 Å². The van der Waals surface area contributed by atoms with E-state index in [0.29, 0.717) is 19.5 Å². The van der Waals surface area contributed by atoms with Crippen molar-refractivity contribution in [1.29, 1.82) is 0 Å². The molecule has 4 heteroatoms. The molecule has 0 aromatic heterocycles. The van der Waals surface area contributed by atoms with E-state index in [-0.39, 0.29) is 11.8 Å². The number of rotatable bonds is 5. The highest BCUT2D eigenvalue weighted by atomic mass is 16.2. The van der Waals surface area contributed by atoms with Gasteiger partial charge in [-0.15, -0.1) is 0 Å². The minimum absolute atomic E-state index is 0.0553. The van der Waals surface area contributed by atoms with E-state index in [1.54, 1.807) is 0 Å². The van der Waals surface area contributed by atoms with Crippen LogP contribution in [0, 0.1) is 6.92 Å². The Hall–Kier alpha value is -1.84. The van der Waals surface area contributed by atoms with Crippen molar-refractivity contribution in [3.05, 3.63) is 35.4 Å². The molecule has 0 saturated heterocycles. The third-order valence-electron chi connectivity index (χ3n) is 2.30. The smallest absolute Gasteiger partial charge is 0.222 e. The number of amides is 2. The maximum absolute atomic E-state index is 11.4. The van der Waals surface area contributed by atoms with Crippen LogP contribution in [0.3, 0.4) is 0 Å². The molecule has 1 aromatic rings. The fraction of sp³-hybridized carbons (Fsp3) is 0.385. The molecule has 0 heterocycles. The third-order valence-corrected chi connectivity index (χ3v) is 2.30. The molecule has 1 aromatic carbocycles. The van der Waals surface area contributed by atoms with Gasteiger partial charge < -0.3 is 10.6 Å². The van der Waals surface area contributed by atoms with E-state index in [0.717, 1.165) is 5.56 Å². The average molecular weight is 234 g/mol. The van der Waals surface area contributed by atoms with Gasteiger partial charge in [-0.3, -0.25) is 9.59 Å². The number of benzene rings is 1. The van der Waals surface area contributed by atoms with Crippen molar-refractivity contribution in [3.8, 4) is 0 Å². The summed E-state index contributed by atoms with van der Waals surface area (Å²) in [5.41, 5.74) is 2.26. The van der Waals surface area contributed by atoms with Crippen LogP contribution in [0.1, 0.15) is 24.5 Å². The zero-order valence-electron chi connectivity index (χ0n) is 10.2. The van der Waals surface area contributed by atoms with Crippen LogP contribution in [0.2, 0.25) is 0 Å². The second kappa shape index (κ2) is 6.68. The van der Waals surface area contributed by atoms with Gasteiger partial charge in [-0.25, -0.2) is 0 Å². The molecule has 0 saturated carbocycles. The molecule has 0 unspecified atom stereocenters. The molecular formula is C13H18N2O2. The molecule has 0 bridgehead atoms. The van der Waals surface area contributed by atoms with Crippen LogP contribution in [0.4, 0.5) is 0 Å². The van der Waals surface area contributed by atoms with Crippen molar-refractivity contribution in [1.82, 2.24) is 10.6 Å². The number of nitrogens with one attached hydrogen (secondary N) is 2. The number of hydrogen-bond acceptors (Lipinski definition) is 2. The molecule has 0 aliphatic heterocycles. The number of hydrogen-bond donors (Lipinski definition) is 2. The molecule has 2 amide bonds. The van der Waals surface area contributed by atoms with Gasteiger partial charge in [0, 0.05) is 26.4 Å². The van der Waals surface area contributed by atoms with Gasteiger partial charge in [0.15, 0.2) is 0 Å². The summed E-state index contributed by atoms with van der Waals surface area (Å²) in [7, 11) is 0. The quantitative estimate of drug-likeness (QED) is 0.802. The first-order valence-corrected chi connectivity index (χ1v) is 5.64. The lowest BCUT2D eigenvalue weighted by molar-refractivity contribution is -0.121. The summed E-state index contributed by atoms with van der Waals surface area (Å²) in [6.07, 6.45) is 0.311. The Morgan fingerprint density at radius 1 is 1.24 bits per heavy atom. The number of aryl methyl sites for hydroxylation is 1. The summed E-state index contributed by atoms with van der Waals surface area (Å²) in [4.78, 5) is 22.0. The van der Waals surface area contributed by atoms with Crippen LogP contribution in [0.25, 0.3) is 0 Å². The fourth-order valence-corrected chi connectivity index (χ4v) is 1.46. The fourth-order valence-electron chi connectivity index (χ4n) is 1.46. The molecule has 2 N–H and O–H groups in total. The normalized spacial score (nSPS) is 9.76. The lowest BCUT2D eigenvalue weighted by atomic mass is 10.1. The van der Waals surface area contributed by atoms with Gasteiger partial charge in [0.1, 0.15) is 0 Å². The maximum atomic E-state index is 11.4. The van der Waals surface area contributed by atoms with E-state index in [1.807, 2.05) is 31.2 Å². The summed E-state index contributed by atoms with van der Waals surface area (Å²) >= 11 is 0. The monoisotopic (exact) mass is 234 g/mol. The summed E-state index contributed by atoms with van der Waals surface area (Å²) in [6.45, 7) is 4.36. The highest BCUT2D eigenvalue weighted by Crippen LogP contribution is 2.03. The Balaban J connectivity index is 2.26. The first-order chi connectivity index (χ1) is 8.08. The van der Waals surface area contributed by atoms with E-state index >= 15 is 0 Å². The second-order valence-corrected chi connectivity index (χ2v) is 4.00. The third kappa shape index (κ3) is 5.70. The molecule has 17 heavy (non-hydrogen) atoms. The Bertz CT molecular complexity index is 402. The average Bonchev–Trinajstić information content (AvgIpc) is 2.26. The van der Waals surface area contributed by atoms with Crippen LogP contribution in [0.15, 0.2) is 24.3 Å². The maximum Gasteiger partial charge on any atom is 0.222 e. The molecule has 0 atom stereocenters. The van der Waals surface area contributed by atoms with Gasteiger partial charge in [0.25, 0.3) is 0 Å². The van der Waals surface area contributed by atoms with Crippen molar-refractivity contribution in [2.45, 2.75) is 26.8 Å². The van der Waals surface area contributed by atoms with Crippen LogP contribution in [0.5, 0.6) is 0 Å². The van der Waals surface area contributed by atoms with E-state index in [4.69, 9.17) is 0 Å². The van der Waals surface area contributed by atoms with E-state index in [1.165, 1.54) is 12.5 Å². The van der Waals surface area contributed by atoms with Crippen molar-refractivity contribution in [2.75, 3.05) is 6.54 Å². The highest BCUT2D eigenvalue weighted by molar-refractivity contribution is 5.77. The van der Waals surface area contributed by atoms with E-state index in [2.05, 4.69) is 10.6 Å². The SMILES string of the molecule is CC(=O)NCCC(=O)NCc1cccc(C)c1. The predicted octanol–water partition coefficient (Wildman–Crippen LogP) is 1.14.